The Hall–Kier alpha value is 0.540. The highest BCUT2D eigenvalue weighted by Gasteiger charge is 2.08. The van der Waals surface area contributed by atoms with Gasteiger partial charge in [-0.3, -0.25) is 9.11 Å². The molecular formula is H8N2O5S4. The normalized spacial score (nSPS) is 19.8. The molecule has 0 rings (SSSR count). The predicted octanol–water partition coefficient (Wildman–Crippen LogP) is -0.404. The summed E-state index contributed by atoms with van der Waals surface area (Å²) in [4.78, 5) is 0. The molecule has 0 aliphatic heterocycles. The Labute approximate surface area is 74.1 Å². The molecule has 0 heterocycles. The van der Waals surface area contributed by atoms with Crippen molar-refractivity contribution in [2.45, 2.75) is 0 Å². The Kier molecular flexibility index (Phi) is 8.36. The van der Waals surface area contributed by atoms with Crippen LogP contribution in [0.4, 0.5) is 0 Å². The van der Waals surface area contributed by atoms with Crippen molar-refractivity contribution in [3.8, 4) is 0 Å². The second-order valence-electron chi connectivity index (χ2n) is 0.924. The molecule has 0 fully saturated rings. The predicted molar refractivity (Wildman–Crippen MR) is 47.4 cm³/mol. The number of hydrogen-bond acceptors (Lipinski definition) is 7. The van der Waals surface area contributed by atoms with Crippen molar-refractivity contribution in [3.05, 3.63) is 0 Å². The number of hydrogen-bond donors (Lipinski definition) is 4. The lowest BCUT2D eigenvalue weighted by atomic mass is 14.0. The summed E-state index contributed by atoms with van der Waals surface area (Å²) in [5, 5.41) is 0. The molecule has 0 saturated heterocycles. The topological polar surface area (TPSA) is 154 Å². The fourth-order valence-electron chi connectivity index (χ4n) is 0.109. The maximum absolute atomic E-state index is 9.94. The molecule has 72 valence electrons. The standard InChI is InChI=1S/2H3N.H2O5S4/c;;1-8(2,6)5-9(3,4)7/h2*1H3;(H,1,2,6)(H,3,4,7). The third-order valence-corrected chi connectivity index (χ3v) is 2.55. The van der Waals surface area contributed by atoms with E-state index < -0.39 is 18.1 Å². The zero-order chi connectivity index (χ0) is 7.71. The Morgan fingerprint density at radius 1 is 1.00 bits per heavy atom. The lowest BCUT2D eigenvalue weighted by molar-refractivity contribution is 0.423. The summed E-state index contributed by atoms with van der Waals surface area (Å²) in [7, 11) is -8.16. The molecule has 7 nitrogen and oxygen atoms in total. The second-order valence-corrected chi connectivity index (χ2v) is 5.71. The monoisotopic (exact) mass is 244 g/mol. The molecule has 0 aromatic rings. The van der Waals surface area contributed by atoms with Crippen LogP contribution in [0.15, 0.2) is 0 Å². The summed E-state index contributed by atoms with van der Waals surface area (Å²) in [6, 6.07) is 0. The van der Waals surface area contributed by atoms with Gasteiger partial charge in [0.25, 0.3) is 18.1 Å². The van der Waals surface area contributed by atoms with Crippen molar-refractivity contribution in [1.29, 1.82) is 0 Å². The van der Waals surface area contributed by atoms with E-state index in [2.05, 4.69) is 26.0 Å². The van der Waals surface area contributed by atoms with Crippen LogP contribution in [0.2, 0.25) is 0 Å². The molecule has 0 aromatic carbocycles. The molecule has 0 radical (unpaired) electrons. The fourth-order valence-corrected chi connectivity index (χ4v) is 2.65. The summed E-state index contributed by atoms with van der Waals surface area (Å²) in [6.07, 6.45) is 0. The van der Waals surface area contributed by atoms with Gasteiger partial charge in [-0.05, 0) is 0 Å². The third kappa shape index (κ3) is 18.0. The van der Waals surface area contributed by atoms with Gasteiger partial charge in [-0.25, -0.2) is 0 Å². The van der Waals surface area contributed by atoms with E-state index in [-0.39, 0.29) is 12.3 Å². The van der Waals surface area contributed by atoms with Crippen LogP contribution in [0.5, 0.6) is 0 Å². The molecule has 0 aliphatic rings. The zero-order valence-corrected chi connectivity index (χ0v) is 8.43. The van der Waals surface area contributed by atoms with Gasteiger partial charge in [0.1, 0.15) is 0 Å². The Morgan fingerprint density at radius 2 is 1.18 bits per heavy atom. The largest absolute Gasteiger partial charge is 0.344 e. The van der Waals surface area contributed by atoms with Crippen molar-refractivity contribution < 1.29 is 21.2 Å². The van der Waals surface area contributed by atoms with E-state index >= 15 is 0 Å². The second kappa shape index (κ2) is 5.23. The van der Waals surface area contributed by atoms with Gasteiger partial charge < -0.3 is 12.3 Å². The summed E-state index contributed by atoms with van der Waals surface area (Å²) in [6.45, 7) is 0. The molecule has 0 bridgehead atoms. The van der Waals surface area contributed by atoms with Gasteiger partial charge in [0.2, 0.25) is 0 Å². The van der Waals surface area contributed by atoms with E-state index in [4.69, 9.17) is 9.11 Å². The fraction of sp³-hybridized carbons (Fsp3) is 0. The quantitative estimate of drug-likeness (QED) is 0.507. The van der Waals surface area contributed by atoms with Crippen molar-refractivity contribution in [1.82, 2.24) is 12.3 Å². The van der Waals surface area contributed by atoms with Gasteiger partial charge in [-0.2, -0.15) is 8.42 Å². The van der Waals surface area contributed by atoms with Gasteiger partial charge in [0, 0.05) is 22.4 Å². The molecule has 0 amide bonds. The van der Waals surface area contributed by atoms with Gasteiger partial charge in [-0.1, -0.05) is 0 Å². The maximum atomic E-state index is 9.94. The van der Waals surface area contributed by atoms with E-state index in [1.165, 1.54) is 0 Å². The molecular weight excluding hydrogens is 236 g/mol. The molecule has 11 heavy (non-hydrogen) atoms. The molecule has 0 aromatic heterocycles. The summed E-state index contributed by atoms with van der Waals surface area (Å²) >= 11 is 7.38. The van der Waals surface area contributed by atoms with Crippen molar-refractivity contribution in [2.24, 2.45) is 0 Å². The molecule has 0 unspecified atom stereocenters. The summed E-state index contributed by atoms with van der Waals surface area (Å²) < 4.78 is 39.4. The SMILES string of the molecule is N.N.O=S(O)(=S)OS(=O)(O)=S. The summed E-state index contributed by atoms with van der Waals surface area (Å²) in [5.74, 6) is 0. The van der Waals surface area contributed by atoms with Gasteiger partial charge >= 0.3 is 0 Å². The maximum Gasteiger partial charge on any atom is 0.281 e. The van der Waals surface area contributed by atoms with E-state index in [0.717, 1.165) is 0 Å². The van der Waals surface area contributed by atoms with Crippen molar-refractivity contribution in [2.75, 3.05) is 0 Å². The molecule has 11 heteroatoms. The van der Waals surface area contributed by atoms with Crippen molar-refractivity contribution >= 4 is 40.5 Å². The van der Waals surface area contributed by atoms with Gasteiger partial charge in [-0.15, -0.1) is 3.63 Å². The minimum Gasteiger partial charge on any atom is -0.344 e. The average molecular weight is 244 g/mol. The smallest absolute Gasteiger partial charge is 0.281 e. The highest BCUT2D eigenvalue weighted by Crippen LogP contribution is 1.93. The van der Waals surface area contributed by atoms with Crippen LogP contribution in [0, 0.1) is 0 Å². The highest BCUT2D eigenvalue weighted by atomic mass is 32.9. The van der Waals surface area contributed by atoms with E-state index in [1.54, 1.807) is 0 Å². The first kappa shape index (κ1) is 17.6. The van der Waals surface area contributed by atoms with E-state index in [1.807, 2.05) is 0 Å². The first-order valence-corrected chi connectivity index (χ1v) is 6.10. The molecule has 0 atom stereocenters. The van der Waals surface area contributed by atoms with Crippen LogP contribution in [-0.4, -0.2) is 17.5 Å². The number of rotatable bonds is 2. The molecule has 0 aliphatic carbocycles. The third-order valence-electron chi connectivity index (χ3n) is 0.172. The highest BCUT2D eigenvalue weighted by molar-refractivity contribution is 8.35. The van der Waals surface area contributed by atoms with Crippen LogP contribution in [0.1, 0.15) is 0 Å². The first-order valence-electron chi connectivity index (χ1n) is 1.37. The van der Waals surface area contributed by atoms with Crippen LogP contribution in [0.25, 0.3) is 0 Å². The molecule has 0 spiro atoms. The van der Waals surface area contributed by atoms with Crippen molar-refractivity contribution in [3.63, 3.8) is 0 Å². The molecule has 8 N–H and O–H groups in total. The van der Waals surface area contributed by atoms with Crippen LogP contribution in [-0.2, 0) is 44.1 Å². The lowest BCUT2D eigenvalue weighted by Crippen LogP contribution is -2.08. The Balaban J connectivity index is -0.000000320. The minimum atomic E-state index is -4.08. The van der Waals surface area contributed by atoms with E-state index in [0.29, 0.717) is 0 Å². The average Bonchev–Trinajstić information content (AvgIpc) is 1.14. The van der Waals surface area contributed by atoms with E-state index in [9.17, 15) is 8.42 Å². The van der Waals surface area contributed by atoms with Crippen LogP contribution >= 0.6 is 0 Å². The zero-order valence-electron chi connectivity index (χ0n) is 5.17. The Morgan fingerprint density at radius 3 is 1.18 bits per heavy atom. The lowest BCUT2D eigenvalue weighted by Gasteiger charge is -1.95. The summed E-state index contributed by atoms with van der Waals surface area (Å²) in [5.41, 5.74) is 0. The Bertz CT molecular complexity index is 242. The molecule has 0 saturated carbocycles. The van der Waals surface area contributed by atoms with Crippen LogP contribution < -0.4 is 12.3 Å². The van der Waals surface area contributed by atoms with Gasteiger partial charge in [0.05, 0.1) is 0 Å². The van der Waals surface area contributed by atoms with Gasteiger partial charge in [0.15, 0.2) is 0 Å². The minimum absolute atomic E-state index is 0. The first-order chi connectivity index (χ1) is 3.71. The van der Waals surface area contributed by atoms with Crippen LogP contribution in [0.3, 0.4) is 0 Å².